The van der Waals surface area contributed by atoms with Crippen molar-refractivity contribution < 1.29 is 0 Å². The lowest BCUT2D eigenvalue weighted by atomic mass is 10.1. The van der Waals surface area contributed by atoms with E-state index in [0.717, 1.165) is 44.9 Å². The summed E-state index contributed by atoms with van der Waals surface area (Å²) in [6.07, 6.45) is 4.96. The highest BCUT2D eigenvalue weighted by Gasteiger charge is 2.01. The van der Waals surface area contributed by atoms with Crippen molar-refractivity contribution in [3.05, 3.63) is 45.9 Å². The second-order valence-electron chi connectivity index (χ2n) is 6.47. The minimum Gasteiger partial charge on any atom is -0.378 e. The zero-order valence-corrected chi connectivity index (χ0v) is 17.2. The summed E-state index contributed by atoms with van der Waals surface area (Å²) < 4.78 is 0. The van der Waals surface area contributed by atoms with Crippen LogP contribution in [0.5, 0.6) is 0 Å². The van der Waals surface area contributed by atoms with Gasteiger partial charge < -0.3 is 15.5 Å². The van der Waals surface area contributed by atoms with Crippen molar-refractivity contribution in [2.24, 2.45) is 4.99 Å². The van der Waals surface area contributed by atoms with Crippen LogP contribution >= 0.6 is 11.3 Å². The van der Waals surface area contributed by atoms with Crippen molar-refractivity contribution >= 4 is 23.0 Å². The molecule has 0 radical (unpaired) electrons. The maximum absolute atomic E-state index is 4.68. The lowest BCUT2D eigenvalue weighted by Crippen LogP contribution is -2.38. The largest absolute Gasteiger partial charge is 0.378 e. The molecule has 2 aromatic rings. The number of nitrogens with zero attached hydrogens (tertiary/aromatic N) is 3. The molecule has 2 N–H and O–H groups in total. The van der Waals surface area contributed by atoms with Crippen LogP contribution in [0.4, 0.5) is 5.69 Å². The van der Waals surface area contributed by atoms with Crippen LogP contribution in [0.1, 0.15) is 28.8 Å². The second-order valence-corrected chi connectivity index (χ2v) is 7.79. The number of aliphatic imine (C=N–C) groups is 1. The summed E-state index contributed by atoms with van der Waals surface area (Å²) in [5.74, 6) is 0.892. The van der Waals surface area contributed by atoms with Crippen molar-refractivity contribution in [2.45, 2.75) is 33.1 Å². The van der Waals surface area contributed by atoms with E-state index >= 15 is 0 Å². The molecule has 142 valence electrons. The minimum atomic E-state index is 0.821. The number of benzene rings is 1. The van der Waals surface area contributed by atoms with Crippen molar-refractivity contribution in [3.63, 3.8) is 0 Å². The predicted molar refractivity (Wildman–Crippen MR) is 114 cm³/mol. The number of hydrogen-bond acceptors (Lipinski definition) is 4. The number of anilines is 1. The van der Waals surface area contributed by atoms with Gasteiger partial charge in [0.2, 0.25) is 0 Å². The van der Waals surface area contributed by atoms with Gasteiger partial charge in [0.25, 0.3) is 0 Å². The molecule has 1 heterocycles. The van der Waals surface area contributed by atoms with Gasteiger partial charge in [0, 0.05) is 56.9 Å². The highest BCUT2D eigenvalue weighted by Crippen LogP contribution is 2.13. The Balaban J connectivity index is 1.73. The van der Waals surface area contributed by atoms with Crippen LogP contribution in [0.15, 0.2) is 35.5 Å². The molecule has 0 fully saturated rings. The number of nitrogens with one attached hydrogen (secondary N) is 2. The molecular weight excluding hydrogens is 342 g/mol. The first kappa shape index (κ1) is 20.2. The quantitative estimate of drug-likeness (QED) is 0.402. The summed E-state index contributed by atoms with van der Waals surface area (Å²) in [6.45, 7) is 6.72. The zero-order chi connectivity index (χ0) is 18.8. The Labute approximate surface area is 161 Å². The summed E-state index contributed by atoms with van der Waals surface area (Å²) >= 11 is 1.76. The molecule has 0 saturated carbocycles. The van der Waals surface area contributed by atoms with Crippen LogP contribution in [0.25, 0.3) is 0 Å². The van der Waals surface area contributed by atoms with E-state index in [9.17, 15) is 0 Å². The fraction of sp³-hybridized carbons (Fsp3) is 0.500. The summed E-state index contributed by atoms with van der Waals surface area (Å²) in [4.78, 5) is 12.5. The molecule has 6 heteroatoms. The predicted octanol–water partition coefficient (Wildman–Crippen LogP) is 3.25. The van der Waals surface area contributed by atoms with Gasteiger partial charge >= 0.3 is 0 Å². The number of guanidine groups is 1. The normalized spacial score (nSPS) is 11.5. The van der Waals surface area contributed by atoms with E-state index in [1.807, 2.05) is 6.20 Å². The Morgan fingerprint density at radius 1 is 1.15 bits per heavy atom. The molecule has 1 aromatic heterocycles. The highest BCUT2D eigenvalue weighted by atomic mass is 32.1. The molecule has 1 aromatic carbocycles. The van der Waals surface area contributed by atoms with Crippen LogP contribution in [-0.2, 0) is 12.8 Å². The SMILES string of the molecule is CCNC(=NCCCc1ccc(N(C)C)cc1)NCCc1ncc(C)s1. The van der Waals surface area contributed by atoms with Crippen LogP contribution in [-0.4, -0.2) is 44.7 Å². The molecule has 0 saturated heterocycles. The first-order chi connectivity index (χ1) is 12.6. The molecule has 2 rings (SSSR count). The highest BCUT2D eigenvalue weighted by molar-refractivity contribution is 7.11. The maximum Gasteiger partial charge on any atom is 0.191 e. The number of rotatable bonds is 9. The first-order valence-electron chi connectivity index (χ1n) is 9.28. The van der Waals surface area contributed by atoms with Gasteiger partial charge in [-0.1, -0.05) is 12.1 Å². The van der Waals surface area contributed by atoms with Gasteiger partial charge in [-0.15, -0.1) is 11.3 Å². The van der Waals surface area contributed by atoms with Crippen LogP contribution in [0.3, 0.4) is 0 Å². The fourth-order valence-corrected chi connectivity index (χ4v) is 3.37. The van der Waals surface area contributed by atoms with Crippen molar-refractivity contribution in [2.75, 3.05) is 38.6 Å². The van der Waals surface area contributed by atoms with Crippen LogP contribution in [0.2, 0.25) is 0 Å². The van der Waals surface area contributed by atoms with E-state index in [-0.39, 0.29) is 0 Å². The van der Waals surface area contributed by atoms with Crippen molar-refractivity contribution in [1.29, 1.82) is 0 Å². The number of hydrogen-bond donors (Lipinski definition) is 2. The third-order valence-electron chi connectivity index (χ3n) is 3.99. The third kappa shape index (κ3) is 7.04. The van der Waals surface area contributed by atoms with Gasteiger partial charge in [-0.2, -0.15) is 0 Å². The van der Waals surface area contributed by atoms with E-state index in [1.54, 1.807) is 11.3 Å². The van der Waals surface area contributed by atoms with Crippen LogP contribution in [0, 0.1) is 6.92 Å². The van der Waals surface area contributed by atoms with E-state index in [4.69, 9.17) is 0 Å². The van der Waals surface area contributed by atoms with Gasteiger partial charge in [0.05, 0.1) is 5.01 Å². The topological polar surface area (TPSA) is 52.6 Å². The monoisotopic (exact) mass is 373 g/mol. The summed E-state index contributed by atoms with van der Waals surface area (Å²) in [7, 11) is 4.13. The molecular formula is C20H31N5S. The lowest BCUT2D eigenvalue weighted by Gasteiger charge is -2.12. The molecule has 0 atom stereocenters. The molecule has 0 amide bonds. The fourth-order valence-electron chi connectivity index (χ4n) is 2.58. The molecule has 0 unspecified atom stereocenters. The van der Waals surface area contributed by atoms with E-state index < -0.39 is 0 Å². The van der Waals surface area contributed by atoms with Crippen molar-refractivity contribution in [3.8, 4) is 0 Å². The minimum absolute atomic E-state index is 0.821. The summed E-state index contributed by atoms with van der Waals surface area (Å²) in [6, 6.07) is 8.76. The zero-order valence-electron chi connectivity index (χ0n) is 16.4. The maximum atomic E-state index is 4.68. The average Bonchev–Trinajstić information content (AvgIpc) is 3.04. The van der Waals surface area contributed by atoms with Crippen LogP contribution < -0.4 is 15.5 Å². The van der Waals surface area contributed by atoms with Gasteiger partial charge in [-0.25, -0.2) is 4.98 Å². The Morgan fingerprint density at radius 2 is 1.92 bits per heavy atom. The van der Waals surface area contributed by atoms with E-state index in [2.05, 4.69) is 77.7 Å². The first-order valence-corrected chi connectivity index (χ1v) is 10.1. The summed E-state index contributed by atoms with van der Waals surface area (Å²) in [5, 5.41) is 7.88. The number of aromatic nitrogens is 1. The smallest absolute Gasteiger partial charge is 0.191 e. The Hall–Kier alpha value is -2.08. The number of thiazole rings is 1. The molecule has 0 bridgehead atoms. The van der Waals surface area contributed by atoms with E-state index in [0.29, 0.717) is 0 Å². The Bertz CT molecular complexity index is 676. The molecule has 5 nitrogen and oxygen atoms in total. The van der Waals surface area contributed by atoms with Gasteiger partial charge in [0.1, 0.15) is 0 Å². The molecule has 0 spiro atoms. The lowest BCUT2D eigenvalue weighted by molar-refractivity contribution is 0.775. The molecule has 0 aliphatic rings. The molecule has 0 aliphatic heterocycles. The molecule has 26 heavy (non-hydrogen) atoms. The standard InChI is InChI=1S/C20H31N5S/c1-5-21-20(23-14-12-19-24-15-16(2)26-19)22-13-6-7-17-8-10-18(11-9-17)25(3)4/h8-11,15H,5-7,12-14H2,1-4H3,(H2,21,22,23). The Morgan fingerprint density at radius 3 is 2.54 bits per heavy atom. The van der Waals surface area contributed by atoms with E-state index in [1.165, 1.54) is 21.1 Å². The molecule has 0 aliphatic carbocycles. The third-order valence-corrected chi connectivity index (χ3v) is 4.96. The van der Waals surface area contributed by atoms with Gasteiger partial charge in [-0.3, -0.25) is 4.99 Å². The second kappa shape index (κ2) is 10.8. The average molecular weight is 374 g/mol. The van der Waals surface area contributed by atoms with Gasteiger partial charge in [0.15, 0.2) is 5.96 Å². The van der Waals surface area contributed by atoms with Gasteiger partial charge in [-0.05, 0) is 44.4 Å². The summed E-state index contributed by atoms with van der Waals surface area (Å²) in [5.41, 5.74) is 2.60. The Kier molecular flexibility index (Phi) is 8.41. The number of aryl methyl sites for hydroxylation is 2. The van der Waals surface area contributed by atoms with Crippen molar-refractivity contribution in [1.82, 2.24) is 15.6 Å².